The van der Waals surface area contributed by atoms with E-state index in [0.29, 0.717) is 30.6 Å². The van der Waals surface area contributed by atoms with Crippen LogP contribution in [-0.2, 0) is 0 Å². The lowest BCUT2D eigenvalue weighted by molar-refractivity contribution is 0.0704. The molecule has 7 nitrogen and oxygen atoms in total. The van der Waals surface area contributed by atoms with Gasteiger partial charge in [-0.15, -0.1) is 0 Å². The largest absolute Gasteiger partial charge is 0.335 e. The number of rotatable bonds is 3. The molecule has 0 radical (unpaired) electrons. The van der Waals surface area contributed by atoms with Crippen LogP contribution in [0.4, 0.5) is 0 Å². The van der Waals surface area contributed by atoms with Gasteiger partial charge in [0.15, 0.2) is 0 Å². The number of hydrogen-bond donors (Lipinski definition) is 2. The third-order valence-corrected chi connectivity index (χ3v) is 4.34. The molecule has 1 saturated heterocycles. The summed E-state index contributed by atoms with van der Waals surface area (Å²) >= 11 is 0. The van der Waals surface area contributed by atoms with Crippen molar-refractivity contribution in [2.45, 2.75) is 13.0 Å². The summed E-state index contributed by atoms with van der Waals surface area (Å²) in [6.07, 6.45) is 5.24. The van der Waals surface area contributed by atoms with Crippen molar-refractivity contribution in [3.63, 3.8) is 0 Å². The molecule has 0 aliphatic carbocycles. The molecule has 3 heterocycles. The number of amides is 1. The highest BCUT2D eigenvalue weighted by atomic mass is 16.2. The predicted molar refractivity (Wildman–Crippen MR) is 94.5 cm³/mol. The van der Waals surface area contributed by atoms with Gasteiger partial charge in [0.1, 0.15) is 11.5 Å². The zero-order valence-electron chi connectivity index (χ0n) is 14.0. The van der Waals surface area contributed by atoms with Crippen LogP contribution in [0.3, 0.4) is 0 Å². The van der Waals surface area contributed by atoms with E-state index in [1.165, 1.54) is 0 Å². The number of para-hydroxylation sites is 1. The molecule has 0 unspecified atom stereocenters. The number of imidazole rings is 1. The summed E-state index contributed by atoms with van der Waals surface area (Å²) in [7, 11) is 0. The Labute approximate surface area is 145 Å². The minimum atomic E-state index is -0.0115. The molecule has 1 atom stereocenters. The van der Waals surface area contributed by atoms with Crippen LogP contribution in [0.5, 0.6) is 0 Å². The Hall–Kier alpha value is -2.93. The average molecular weight is 336 g/mol. The Kier molecular flexibility index (Phi) is 4.07. The topological polar surface area (TPSA) is 78.8 Å². The second-order valence-electron chi connectivity index (χ2n) is 6.26. The number of nitrogens with zero attached hydrogens (tertiary/aromatic N) is 4. The van der Waals surface area contributed by atoms with E-state index in [9.17, 15) is 4.79 Å². The summed E-state index contributed by atoms with van der Waals surface area (Å²) in [5.41, 5.74) is 2.33. The fraction of sp³-hybridized carbons (Fsp3) is 0.278. The first-order chi connectivity index (χ1) is 12.2. The number of benzene rings is 1. The Balaban J connectivity index is 1.53. The maximum atomic E-state index is 12.6. The van der Waals surface area contributed by atoms with Crippen LogP contribution in [-0.4, -0.2) is 56.2 Å². The van der Waals surface area contributed by atoms with E-state index >= 15 is 0 Å². The first-order valence-corrected chi connectivity index (χ1v) is 8.39. The van der Waals surface area contributed by atoms with Crippen LogP contribution < -0.4 is 5.32 Å². The Morgan fingerprint density at radius 1 is 1.24 bits per heavy atom. The van der Waals surface area contributed by atoms with Gasteiger partial charge in [-0.2, -0.15) is 5.10 Å². The molecule has 3 aromatic rings. The maximum Gasteiger partial charge on any atom is 0.272 e. The highest BCUT2D eigenvalue weighted by molar-refractivity contribution is 5.92. The standard InChI is InChI=1S/C18H20N6O/c1-13-11-23(8-7-19-13)18(25)16-10-20-17(22-16)14-9-21-24(12-14)15-5-3-2-4-6-15/h2-6,9-10,12-13,19H,7-8,11H2,1H3,(H,20,22)/t13-/m0/s1. The van der Waals surface area contributed by atoms with Gasteiger partial charge >= 0.3 is 0 Å². The predicted octanol–water partition coefficient (Wildman–Crippen LogP) is 1.70. The van der Waals surface area contributed by atoms with Crippen molar-refractivity contribution in [1.29, 1.82) is 0 Å². The first kappa shape index (κ1) is 15.6. The van der Waals surface area contributed by atoms with Crippen molar-refractivity contribution < 1.29 is 4.79 Å². The molecular formula is C18H20N6O. The quantitative estimate of drug-likeness (QED) is 0.763. The number of carbonyl (C=O) groups is 1. The molecule has 4 rings (SSSR count). The second-order valence-corrected chi connectivity index (χ2v) is 6.26. The lowest BCUT2D eigenvalue weighted by Crippen LogP contribution is -2.51. The van der Waals surface area contributed by atoms with Gasteiger partial charge in [-0.1, -0.05) is 18.2 Å². The van der Waals surface area contributed by atoms with Crippen molar-refractivity contribution in [2.75, 3.05) is 19.6 Å². The molecule has 2 aromatic heterocycles. The second kappa shape index (κ2) is 6.52. The van der Waals surface area contributed by atoms with Gasteiger partial charge in [-0.05, 0) is 19.1 Å². The van der Waals surface area contributed by atoms with E-state index < -0.39 is 0 Å². The van der Waals surface area contributed by atoms with Crippen LogP contribution in [0.25, 0.3) is 17.1 Å². The van der Waals surface area contributed by atoms with Gasteiger partial charge < -0.3 is 15.2 Å². The molecule has 128 valence electrons. The minimum Gasteiger partial charge on any atom is -0.335 e. The lowest BCUT2D eigenvalue weighted by atomic mass is 10.2. The normalized spacial score (nSPS) is 17.6. The molecule has 25 heavy (non-hydrogen) atoms. The van der Waals surface area contributed by atoms with Crippen LogP contribution in [0.2, 0.25) is 0 Å². The molecule has 1 aromatic carbocycles. The SMILES string of the molecule is C[C@H]1CN(C(=O)c2cnc(-c3cnn(-c4ccccc4)c3)[nH]2)CCN1. The first-order valence-electron chi connectivity index (χ1n) is 8.39. The summed E-state index contributed by atoms with van der Waals surface area (Å²) in [6, 6.07) is 10.2. The minimum absolute atomic E-state index is 0.0115. The number of H-pyrrole nitrogens is 1. The highest BCUT2D eigenvalue weighted by Gasteiger charge is 2.23. The van der Waals surface area contributed by atoms with Crippen molar-refractivity contribution in [3.8, 4) is 17.1 Å². The van der Waals surface area contributed by atoms with Crippen LogP contribution in [0.15, 0.2) is 48.9 Å². The zero-order chi connectivity index (χ0) is 17.2. The van der Waals surface area contributed by atoms with Crippen molar-refractivity contribution in [2.24, 2.45) is 0 Å². The Morgan fingerprint density at radius 2 is 2.08 bits per heavy atom. The molecule has 0 saturated carbocycles. The summed E-state index contributed by atoms with van der Waals surface area (Å²) in [5, 5.41) is 7.71. The van der Waals surface area contributed by atoms with Crippen molar-refractivity contribution >= 4 is 5.91 Å². The molecule has 1 amide bonds. The van der Waals surface area contributed by atoms with Gasteiger partial charge in [-0.3, -0.25) is 4.79 Å². The number of piperazine rings is 1. The number of carbonyl (C=O) groups excluding carboxylic acids is 1. The number of aromatic nitrogens is 4. The molecule has 1 fully saturated rings. The number of aromatic amines is 1. The number of hydrogen-bond acceptors (Lipinski definition) is 4. The van der Waals surface area contributed by atoms with E-state index in [1.54, 1.807) is 17.1 Å². The number of nitrogens with one attached hydrogen (secondary N) is 2. The molecule has 2 N–H and O–H groups in total. The summed E-state index contributed by atoms with van der Waals surface area (Å²) in [6.45, 7) is 4.32. The van der Waals surface area contributed by atoms with Gasteiger partial charge in [-0.25, -0.2) is 9.67 Å². The monoisotopic (exact) mass is 336 g/mol. The summed E-state index contributed by atoms with van der Waals surface area (Å²) in [5.74, 6) is 0.635. The molecule has 7 heteroatoms. The smallest absolute Gasteiger partial charge is 0.272 e. The van der Waals surface area contributed by atoms with Gasteiger partial charge in [0, 0.05) is 31.9 Å². The average Bonchev–Trinajstić information content (AvgIpc) is 3.31. The van der Waals surface area contributed by atoms with Crippen molar-refractivity contribution in [3.05, 3.63) is 54.6 Å². The summed E-state index contributed by atoms with van der Waals surface area (Å²) < 4.78 is 1.79. The van der Waals surface area contributed by atoms with Gasteiger partial charge in [0.2, 0.25) is 0 Å². The third kappa shape index (κ3) is 3.18. The molecule has 1 aliphatic rings. The Morgan fingerprint density at radius 3 is 2.88 bits per heavy atom. The fourth-order valence-corrected chi connectivity index (χ4v) is 3.03. The molecule has 0 bridgehead atoms. The van der Waals surface area contributed by atoms with Crippen LogP contribution >= 0.6 is 0 Å². The molecule has 0 spiro atoms. The van der Waals surface area contributed by atoms with Crippen LogP contribution in [0, 0.1) is 0 Å². The van der Waals surface area contributed by atoms with E-state index in [2.05, 4.69) is 27.3 Å². The van der Waals surface area contributed by atoms with E-state index in [1.807, 2.05) is 41.4 Å². The molecule has 1 aliphatic heterocycles. The maximum absolute atomic E-state index is 12.6. The third-order valence-electron chi connectivity index (χ3n) is 4.34. The fourth-order valence-electron chi connectivity index (χ4n) is 3.03. The summed E-state index contributed by atoms with van der Waals surface area (Å²) in [4.78, 5) is 22.0. The van der Waals surface area contributed by atoms with E-state index in [4.69, 9.17) is 0 Å². The highest BCUT2D eigenvalue weighted by Crippen LogP contribution is 2.18. The van der Waals surface area contributed by atoms with Crippen molar-refractivity contribution in [1.82, 2.24) is 30.0 Å². The van der Waals surface area contributed by atoms with Crippen LogP contribution in [0.1, 0.15) is 17.4 Å². The van der Waals surface area contributed by atoms with Gasteiger partial charge in [0.25, 0.3) is 5.91 Å². The van der Waals surface area contributed by atoms with E-state index in [0.717, 1.165) is 17.8 Å². The Bertz CT molecular complexity index is 869. The van der Waals surface area contributed by atoms with E-state index in [-0.39, 0.29) is 5.91 Å². The lowest BCUT2D eigenvalue weighted by Gasteiger charge is -2.31. The molecular weight excluding hydrogens is 316 g/mol. The van der Waals surface area contributed by atoms with Gasteiger partial charge in [0.05, 0.1) is 23.6 Å². The zero-order valence-corrected chi connectivity index (χ0v) is 14.0.